The van der Waals surface area contributed by atoms with Crippen molar-refractivity contribution in [3.05, 3.63) is 76.6 Å². The Morgan fingerprint density at radius 3 is 2.63 bits per heavy atom. The maximum Gasteiger partial charge on any atom is 0.273 e. The summed E-state index contributed by atoms with van der Waals surface area (Å²) in [6.45, 7) is 0.490. The largest absolute Gasteiger partial charge is 0.495 e. The summed E-state index contributed by atoms with van der Waals surface area (Å²) in [6, 6.07) is 12.9. The van der Waals surface area contributed by atoms with Gasteiger partial charge >= 0.3 is 0 Å². The zero-order valence-corrected chi connectivity index (χ0v) is 15.1. The van der Waals surface area contributed by atoms with Gasteiger partial charge in [0.05, 0.1) is 36.5 Å². The van der Waals surface area contributed by atoms with E-state index in [0.717, 1.165) is 23.8 Å². The summed E-state index contributed by atoms with van der Waals surface area (Å²) in [5.74, 6) is -0.117. The van der Waals surface area contributed by atoms with Gasteiger partial charge in [0.1, 0.15) is 10.6 Å². The molecule has 0 atom stereocenters. The molecule has 1 aromatic heterocycles. The quantitative estimate of drug-likeness (QED) is 0.491. The Hall–Kier alpha value is -3.40. The Labute approximate surface area is 155 Å². The monoisotopic (exact) mass is 388 g/mol. The number of nitro groups is 1. The molecule has 0 aliphatic rings. The predicted octanol–water partition coefficient (Wildman–Crippen LogP) is 2.65. The van der Waals surface area contributed by atoms with Crippen molar-refractivity contribution in [3.8, 4) is 5.75 Å². The number of aromatic nitrogens is 2. The summed E-state index contributed by atoms with van der Waals surface area (Å²) in [5, 5.41) is 15.0. The summed E-state index contributed by atoms with van der Waals surface area (Å²) in [5.41, 5.74) is 1.03. The van der Waals surface area contributed by atoms with Crippen LogP contribution in [0.3, 0.4) is 0 Å². The lowest BCUT2D eigenvalue weighted by Gasteiger charge is -2.10. The lowest BCUT2D eigenvalue weighted by Crippen LogP contribution is -2.14. The first-order valence-corrected chi connectivity index (χ1v) is 9.29. The smallest absolute Gasteiger partial charge is 0.273 e. The van der Waals surface area contributed by atoms with Crippen LogP contribution >= 0.6 is 0 Å². The number of sulfonamides is 1. The molecule has 3 aromatic rings. The van der Waals surface area contributed by atoms with Gasteiger partial charge in [-0.25, -0.2) is 8.42 Å². The van der Waals surface area contributed by atoms with E-state index in [0.29, 0.717) is 6.54 Å². The maximum atomic E-state index is 12.6. The van der Waals surface area contributed by atoms with Crippen LogP contribution in [0.15, 0.2) is 65.8 Å². The Bertz CT molecular complexity index is 1060. The SMILES string of the molecule is COc1cc([N+](=O)[O-])ccc1S(=O)(=O)Nc1cnn(Cc2ccccc2)c1. The fourth-order valence-electron chi connectivity index (χ4n) is 2.48. The standard InChI is InChI=1S/C17H16N4O5S/c1-26-16-9-15(21(22)23)7-8-17(16)27(24,25)19-14-10-18-20(12-14)11-13-5-3-2-4-6-13/h2-10,12,19H,11H2,1H3. The van der Waals surface area contributed by atoms with E-state index in [4.69, 9.17) is 4.74 Å². The van der Waals surface area contributed by atoms with Crippen molar-refractivity contribution in [3.63, 3.8) is 0 Å². The molecule has 27 heavy (non-hydrogen) atoms. The van der Waals surface area contributed by atoms with Gasteiger partial charge in [-0.15, -0.1) is 0 Å². The van der Waals surface area contributed by atoms with Crippen LogP contribution in [0, 0.1) is 10.1 Å². The first-order valence-electron chi connectivity index (χ1n) is 7.80. The minimum atomic E-state index is -4.01. The highest BCUT2D eigenvalue weighted by Crippen LogP contribution is 2.29. The molecule has 0 aliphatic heterocycles. The van der Waals surface area contributed by atoms with Crippen molar-refractivity contribution in [1.82, 2.24) is 9.78 Å². The third-order valence-corrected chi connectivity index (χ3v) is 5.14. The minimum absolute atomic E-state index is 0.117. The number of nitrogens with one attached hydrogen (secondary N) is 1. The highest BCUT2D eigenvalue weighted by Gasteiger charge is 2.23. The maximum absolute atomic E-state index is 12.6. The van der Waals surface area contributed by atoms with Crippen LogP contribution in [-0.4, -0.2) is 30.2 Å². The number of benzene rings is 2. The third kappa shape index (κ3) is 4.23. The summed E-state index contributed by atoms with van der Waals surface area (Å²) < 4.78 is 34.3. The normalized spacial score (nSPS) is 11.1. The fraction of sp³-hybridized carbons (Fsp3) is 0.118. The Morgan fingerprint density at radius 1 is 1.22 bits per heavy atom. The van der Waals surface area contributed by atoms with E-state index in [1.165, 1.54) is 13.3 Å². The zero-order valence-electron chi connectivity index (χ0n) is 14.3. The topological polar surface area (TPSA) is 116 Å². The number of methoxy groups -OCH3 is 1. The average Bonchev–Trinajstić information content (AvgIpc) is 3.07. The number of anilines is 1. The number of non-ortho nitro benzene ring substituents is 1. The van der Waals surface area contributed by atoms with E-state index >= 15 is 0 Å². The van der Waals surface area contributed by atoms with Gasteiger partial charge in [-0.3, -0.25) is 19.5 Å². The highest BCUT2D eigenvalue weighted by atomic mass is 32.2. The first-order chi connectivity index (χ1) is 12.9. The lowest BCUT2D eigenvalue weighted by atomic mass is 10.2. The number of nitrogens with zero attached hydrogens (tertiary/aromatic N) is 3. The van der Waals surface area contributed by atoms with Crippen LogP contribution in [0.2, 0.25) is 0 Å². The van der Waals surface area contributed by atoms with Gasteiger partial charge in [-0.1, -0.05) is 30.3 Å². The van der Waals surface area contributed by atoms with Crippen LogP contribution in [0.1, 0.15) is 5.56 Å². The lowest BCUT2D eigenvalue weighted by molar-refractivity contribution is -0.385. The number of ether oxygens (including phenoxy) is 1. The minimum Gasteiger partial charge on any atom is -0.495 e. The molecule has 0 spiro atoms. The van der Waals surface area contributed by atoms with Gasteiger partial charge in [0, 0.05) is 12.3 Å². The van der Waals surface area contributed by atoms with Crippen molar-refractivity contribution in [2.75, 3.05) is 11.8 Å². The second-order valence-electron chi connectivity index (χ2n) is 5.61. The Kier molecular flexibility index (Phi) is 5.08. The van der Waals surface area contributed by atoms with Crippen LogP contribution in [-0.2, 0) is 16.6 Å². The van der Waals surface area contributed by atoms with Gasteiger partial charge in [0.15, 0.2) is 0 Å². The fourth-order valence-corrected chi connectivity index (χ4v) is 3.66. The molecule has 9 nitrogen and oxygen atoms in total. The second-order valence-corrected chi connectivity index (χ2v) is 7.26. The number of hydrogen-bond donors (Lipinski definition) is 1. The van der Waals surface area contributed by atoms with Gasteiger partial charge in [-0.05, 0) is 11.6 Å². The van der Waals surface area contributed by atoms with Crippen molar-refractivity contribution >= 4 is 21.4 Å². The molecule has 1 heterocycles. The molecule has 0 aliphatic carbocycles. The molecular weight excluding hydrogens is 372 g/mol. The zero-order chi connectivity index (χ0) is 19.4. The third-order valence-electron chi connectivity index (χ3n) is 3.72. The summed E-state index contributed by atoms with van der Waals surface area (Å²) in [6.07, 6.45) is 2.95. The molecule has 0 unspecified atom stereocenters. The number of rotatable bonds is 7. The number of hydrogen-bond acceptors (Lipinski definition) is 6. The van der Waals surface area contributed by atoms with Crippen LogP contribution in [0.25, 0.3) is 0 Å². The van der Waals surface area contributed by atoms with E-state index < -0.39 is 14.9 Å². The molecule has 0 bridgehead atoms. The van der Waals surface area contributed by atoms with Gasteiger partial charge < -0.3 is 4.74 Å². The molecule has 10 heteroatoms. The average molecular weight is 388 g/mol. The van der Waals surface area contributed by atoms with Crippen LogP contribution in [0.5, 0.6) is 5.75 Å². The summed E-state index contributed by atoms with van der Waals surface area (Å²) >= 11 is 0. The second kappa shape index (κ2) is 7.46. The summed E-state index contributed by atoms with van der Waals surface area (Å²) in [4.78, 5) is 10.0. The molecule has 140 valence electrons. The molecule has 0 fully saturated rings. The molecular formula is C17H16N4O5S. The van der Waals surface area contributed by atoms with Gasteiger partial charge in [-0.2, -0.15) is 5.10 Å². The highest BCUT2D eigenvalue weighted by molar-refractivity contribution is 7.92. The molecule has 0 saturated carbocycles. The predicted molar refractivity (Wildman–Crippen MR) is 98.2 cm³/mol. The van der Waals surface area contributed by atoms with Crippen LogP contribution in [0.4, 0.5) is 11.4 Å². The van der Waals surface area contributed by atoms with E-state index in [1.54, 1.807) is 10.9 Å². The van der Waals surface area contributed by atoms with Gasteiger partial charge in [0.2, 0.25) is 0 Å². The Morgan fingerprint density at radius 2 is 1.96 bits per heavy atom. The molecule has 0 radical (unpaired) electrons. The van der Waals surface area contributed by atoms with Gasteiger partial charge in [0.25, 0.3) is 15.7 Å². The van der Waals surface area contributed by atoms with Crippen molar-refractivity contribution in [2.24, 2.45) is 0 Å². The number of nitro benzene ring substituents is 1. The van der Waals surface area contributed by atoms with Crippen molar-refractivity contribution in [2.45, 2.75) is 11.4 Å². The summed E-state index contributed by atoms with van der Waals surface area (Å²) in [7, 11) is -2.76. The van der Waals surface area contributed by atoms with E-state index in [1.807, 2.05) is 30.3 Å². The Balaban J connectivity index is 1.82. The molecule has 0 saturated heterocycles. The van der Waals surface area contributed by atoms with E-state index in [9.17, 15) is 18.5 Å². The molecule has 0 amide bonds. The van der Waals surface area contributed by atoms with E-state index in [2.05, 4.69) is 9.82 Å². The van der Waals surface area contributed by atoms with Crippen molar-refractivity contribution in [1.29, 1.82) is 0 Å². The first kappa shape index (κ1) is 18.4. The van der Waals surface area contributed by atoms with Crippen molar-refractivity contribution < 1.29 is 18.1 Å². The molecule has 3 rings (SSSR count). The van der Waals surface area contributed by atoms with Crippen LogP contribution < -0.4 is 9.46 Å². The molecule has 2 aromatic carbocycles. The van der Waals surface area contributed by atoms with E-state index in [-0.39, 0.29) is 22.0 Å². The molecule has 1 N–H and O–H groups in total.